The van der Waals surface area contributed by atoms with Gasteiger partial charge in [-0.15, -0.1) is 11.8 Å². The molecule has 0 saturated heterocycles. The van der Waals surface area contributed by atoms with Crippen LogP contribution in [0.4, 0.5) is 0 Å². The summed E-state index contributed by atoms with van der Waals surface area (Å²) in [6.07, 6.45) is 2.64. The van der Waals surface area contributed by atoms with Gasteiger partial charge in [-0.3, -0.25) is 0 Å². The number of thioether (sulfide) groups is 1. The van der Waals surface area contributed by atoms with E-state index in [-0.39, 0.29) is 0 Å². The van der Waals surface area contributed by atoms with Crippen LogP contribution in [0.5, 0.6) is 0 Å². The van der Waals surface area contributed by atoms with Crippen LogP contribution in [-0.2, 0) is 0 Å². The lowest BCUT2D eigenvalue weighted by Gasteiger charge is -1.95. The molecule has 0 unspecified atom stereocenters. The third-order valence-electron chi connectivity index (χ3n) is 1.70. The smallest absolute Gasteiger partial charge is 0.0367 e. The zero-order chi connectivity index (χ0) is 10.9. The predicted octanol–water partition coefficient (Wildman–Crippen LogP) is 3.46. The highest BCUT2D eigenvalue weighted by Gasteiger charge is 1.89. The number of nitrogens with zero attached hydrogens (tertiary/aromatic N) is 3. The van der Waals surface area contributed by atoms with Gasteiger partial charge in [-0.1, -0.05) is 23.0 Å². The van der Waals surface area contributed by atoms with Crippen molar-refractivity contribution in [1.82, 2.24) is 0 Å². The van der Waals surface area contributed by atoms with Crippen molar-refractivity contribution in [2.45, 2.75) is 11.3 Å². The van der Waals surface area contributed by atoms with Crippen LogP contribution in [0, 0.1) is 11.8 Å². The fraction of sp³-hybridized carbons (Fsp3) is 0.273. The van der Waals surface area contributed by atoms with Crippen LogP contribution in [0.15, 0.2) is 34.3 Å². The van der Waals surface area contributed by atoms with Gasteiger partial charge >= 0.3 is 0 Å². The minimum absolute atomic E-state index is 0.436. The van der Waals surface area contributed by atoms with E-state index in [2.05, 4.69) is 27.9 Å². The Morgan fingerprint density at radius 1 is 1.53 bits per heavy atom. The summed E-state index contributed by atoms with van der Waals surface area (Å²) in [5, 5.41) is 3.41. The largest absolute Gasteiger partial charge is 0.130 e. The predicted molar refractivity (Wildman–Crippen MR) is 63.7 cm³/mol. The van der Waals surface area contributed by atoms with Crippen molar-refractivity contribution in [3.8, 4) is 11.8 Å². The van der Waals surface area contributed by atoms with Gasteiger partial charge in [0.05, 0.1) is 0 Å². The summed E-state index contributed by atoms with van der Waals surface area (Å²) in [5.74, 6) is 6.00. The monoisotopic (exact) mass is 217 g/mol. The Kier molecular flexibility index (Phi) is 5.24. The molecule has 0 atom stereocenters. The number of benzene rings is 1. The van der Waals surface area contributed by atoms with E-state index in [0.717, 1.165) is 5.56 Å². The highest BCUT2D eigenvalue weighted by molar-refractivity contribution is 7.98. The van der Waals surface area contributed by atoms with E-state index < -0.39 is 0 Å². The number of rotatable bonds is 3. The standard InChI is InChI=1S/C11H11N3S/c1-15-11-7-4-6-10(9-11)5-2-3-8-13-14-12/h4,6-7,9H,3,8H2,1H3. The highest BCUT2D eigenvalue weighted by Crippen LogP contribution is 2.14. The molecule has 0 bridgehead atoms. The molecule has 0 spiro atoms. The van der Waals surface area contributed by atoms with Crippen LogP contribution in [0.25, 0.3) is 10.4 Å². The average Bonchev–Trinajstić information content (AvgIpc) is 2.29. The van der Waals surface area contributed by atoms with Crippen LogP contribution in [0.2, 0.25) is 0 Å². The van der Waals surface area contributed by atoms with Crippen LogP contribution >= 0.6 is 11.8 Å². The van der Waals surface area contributed by atoms with Crippen molar-refractivity contribution >= 4 is 11.8 Å². The quantitative estimate of drug-likeness (QED) is 0.191. The second-order valence-electron chi connectivity index (χ2n) is 2.74. The van der Waals surface area contributed by atoms with Gasteiger partial charge in [-0.25, -0.2) is 0 Å². The van der Waals surface area contributed by atoms with Crippen molar-refractivity contribution in [2.75, 3.05) is 12.8 Å². The van der Waals surface area contributed by atoms with E-state index in [4.69, 9.17) is 5.53 Å². The molecular weight excluding hydrogens is 206 g/mol. The summed E-state index contributed by atoms with van der Waals surface area (Å²) in [4.78, 5) is 3.87. The summed E-state index contributed by atoms with van der Waals surface area (Å²) in [5.41, 5.74) is 9.06. The van der Waals surface area contributed by atoms with Crippen molar-refractivity contribution < 1.29 is 0 Å². The first-order chi connectivity index (χ1) is 7.36. The lowest BCUT2D eigenvalue weighted by molar-refractivity contribution is 1.01. The van der Waals surface area contributed by atoms with Crippen molar-refractivity contribution in [3.63, 3.8) is 0 Å². The molecule has 76 valence electrons. The molecule has 0 aromatic heterocycles. The zero-order valence-corrected chi connectivity index (χ0v) is 9.29. The lowest BCUT2D eigenvalue weighted by atomic mass is 10.2. The molecule has 3 nitrogen and oxygen atoms in total. The van der Waals surface area contributed by atoms with Crippen LogP contribution in [-0.4, -0.2) is 12.8 Å². The molecule has 0 aliphatic carbocycles. The Morgan fingerprint density at radius 3 is 3.13 bits per heavy atom. The second-order valence-corrected chi connectivity index (χ2v) is 3.62. The Bertz CT molecular complexity index is 425. The Hall–Kier alpha value is -1.56. The first kappa shape index (κ1) is 11.5. The van der Waals surface area contributed by atoms with Gasteiger partial charge in [0.1, 0.15) is 0 Å². The fourth-order valence-corrected chi connectivity index (χ4v) is 1.48. The van der Waals surface area contributed by atoms with Crippen molar-refractivity contribution in [3.05, 3.63) is 40.3 Å². The summed E-state index contributed by atoms with van der Waals surface area (Å²) in [6.45, 7) is 0.436. The number of hydrogen-bond acceptors (Lipinski definition) is 2. The zero-order valence-electron chi connectivity index (χ0n) is 8.47. The maximum Gasteiger partial charge on any atom is 0.0367 e. The molecule has 1 aromatic carbocycles. The molecule has 0 aliphatic rings. The van der Waals surface area contributed by atoms with Gasteiger partial charge in [-0.2, -0.15) is 0 Å². The molecule has 0 saturated carbocycles. The van der Waals surface area contributed by atoms with E-state index in [1.54, 1.807) is 11.8 Å². The number of hydrogen-bond donors (Lipinski definition) is 0. The van der Waals surface area contributed by atoms with Crippen molar-refractivity contribution in [1.29, 1.82) is 0 Å². The first-order valence-corrected chi connectivity index (χ1v) is 5.73. The molecule has 0 aliphatic heterocycles. The molecule has 1 aromatic rings. The molecule has 0 amide bonds. The van der Waals surface area contributed by atoms with Gasteiger partial charge in [0.2, 0.25) is 0 Å². The third kappa shape index (κ3) is 4.46. The maximum atomic E-state index is 8.06. The molecule has 0 fully saturated rings. The number of azide groups is 1. The van der Waals surface area contributed by atoms with Gasteiger partial charge in [0.25, 0.3) is 0 Å². The van der Waals surface area contributed by atoms with Gasteiger partial charge in [0, 0.05) is 28.3 Å². The van der Waals surface area contributed by atoms with Crippen LogP contribution in [0.3, 0.4) is 0 Å². The van der Waals surface area contributed by atoms with E-state index in [9.17, 15) is 0 Å². The molecule has 1 rings (SSSR count). The summed E-state index contributed by atoms with van der Waals surface area (Å²) >= 11 is 1.70. The Morgan fingerprint density at radius 2 is 2.40 bits per heavy atom. The van der Waals surface area contributed by atoms with Crippen LogP contribution in [0.1, 0.15) is 12.0 Å². The molecular formula is C11H11N3S. The van der Waals surface area contributed by atoms with Gasteiger partial charge in [0.15, 0.2) is 0 Å². The third-order valence-corrected chi connectivity index (χ3v) is 2.43. The van der Waals surface area contributed by atoms with Crippen molar-refractivity contribution in [2.24, 2.45) is 5.11 Å². The molecule has 0 N–H and O–H groups in total. The fourth-order valence-electron chi connectivity index (χ4n) is 1.02. The second kappa shape index (κ2) is 6.83. The lowest BCUT2D eigenvalue weighted by Crippen LogP contribution is -1.77. The Labute approximate surface area is 93.5 Å². The maximum absolute atomic E-state index is 8.06. The highest BCUT2D eigenvalue weighted by atomic mass is 32.2. The summed E-state index contributed by atoms with van der Waals surface area (Å²) in [6, 6.07) is 8.06. The van der Waals surface area contributed by atoms with Crippen LogP contribution < -0.4 is 0 Å². The van der Waals surface area contributed by atoms with E-state index >= 15 is 0 Å². The van der Waals surface area contributed by atoms with E-state index in [0.29, 0.717) is 13.0 Å². The van der Waals surface area contributed by atoms with Gasteiger partial charge in [-0.05, 0) is 30.0 Å². The molecule has 4 heteroatoms. The Balaban J connectivity index is 2.58. The van der Waals surface area contributed by atoms with Gasteiger partial charge < -0.3 is 0 Å². The van der Waals surface area contributed by atoms with E-state index in [1.165, 1.54) is 4.90 Å². The first-order valence-electron chi connectivity index (χ1n) is 4.50. The topological polar surface area (TPSA) is 48.8 Å². The minimum atomic E-state index is 0.436. The molecule has 0 heterocycles. The molecule has 0 radical (unpaired) electrons. The average molecular weight is 217 g/mol. The summed E-state index contributed by atoms with van der Waals surface area (Å²) in [7, 11) is 0. The minimum Gasteiger partial charge on any atom is -0.130 e. The summed E-state index contributed by atoms with van der Waals surface area (Å²) < 4.78 is 0. The molecule has 15 heavy (non-hydrogen) atoms. The normalized spacial score (nSPS) is 8.60. The van der Waals surface area contributed by atoms with E-state index in [1.807, 2.05) is 24.5 Å². The SMILES string of the molecule is CSc1cccc(C#CCCN=[N+]=[N-])c1.